The highest BCUT2D eigenvalue weighted by atomic mass is 127. The predicted octanol–water partition coefficient (Wildman–Crippen LogP) is 3.66. The van der Waals surface area contributed by atoms with Crippen LogP contribution in [0.4, 0.5) is 4.39 Å². The molecule has 0 aliphatic rings. The van der Waals surface area contributed by atoms with Crippen LogP contribution in [0.2, 0.25) is 0 Å². The lowest BCUT2D eigenvalue weighted by Crippen LogP contribution is -2.38. The van der Waals surface area contributed by atoms with Crippen LogP contribution in [-0.2, 0) is 6.42 Å². The lowest BCUT2D eigenvalue weighted by atomic mass is 10.1. The number of halogens is 2. The number of hydrogen-bond donors (Lipinski definition) is 2. The predicted molar refractivity (Wildman–Crippen MR) is 117 cm³/mol. The molecule has 0 aliphatic heterocycles. The molecule has 2 N–H and O–H groups in total. The third-order valence-corrected chi connectivity index (χ3v) is 3.94. The molecule has 0 spiro atoms. The van der Waals surface area contributed by atoms with Crippen molar-refractivity contribution in [1.82, 2.24) is 15.5 Å². The molecule has 6 heteroatoms. The molecule has 144 valence electrons. The van der Waals surface area contributed by atoms with Crippen LogP contribution in [0.1, 0.15) is 37.7 Å². The molecule has 25 heavy (non-hydrogen) atoms. The van der Waals surface area contributed by atoms with Crippen LogP contribution in [-0.4, -0.2) is 51.6 Å². The molecule has 0 saturated carbocycles. The second-order valence-electron chi connectivity index (χ2n) is 6.34. The van der Waals surface area contributed by atoms with Crippen molar-refractivity contribution >= 4 is 29.9 Å². The maximum absolute atomic E-state index is 13.5. The van der Waals surface area contributed by atoms with E-state index in [4.69, 9.17) is 0 Å². The molecule has 4 nitrogen and oxygen atoms in total. The van der Waals surface area contributed by atoms with Gasteiger partial charge in [0.15, 0.2) is 5.96 Å². The molecule has 0 unspecified atom stereocenters. The fourth-order valence-electron chi connectivity index (χ4n) is 2.53. The van der Waals surface area contributed by atoms with Gasteiger partial charge in [-0.15, -0.1) is 24.0 Å². The first kappa shape index (κ1) is 24.1. The van der Waals surface area contributed by atoms with Crippen LogP contribution in [0.3, 0.4) is 0 Å². The number of aliphatic imine (C=N–C) groups is 1. The number of benzene rings is 1. The van der Waals surface area contributed by atoms with Gasteiger partial charge in [-0.1, -0.05) is 37.5 Å². The van der Waals surface area contributed by atoms with Gasteiger partial charge >= 0.3 is 0 Å². The Morgan fingerprint density at radius 1 is 1.00 bits per heavy atom. The van der Waals surface area contributed by atoms with E-state index in [9.17, 15) is 4.39 Å². The zero-order chi connectivity index (χ0) is 17.6. The Morgan fingerprint density at radius 3 is 2.32 bits per heavy atom. The minimum absolute atomic E-state index is 0. The van der Waals surface area contributed by atoms with Crippen molar-refractivity contribution in [2.75, 3.05) is 40.8 Å². The van der Waals surface area contributed by atoms with Crippen molar-refractivity contribution in [3.8, 4) is 0 Å². The molecule has 1 aromatic rings. The summed E-state index contributed by atoms with van der Waals surface area (Å²) >= 11 is 0. The number of hydrogen-bond acceptors (Lipinski definition) is 2. The minimum atomic E-state index is -0.142. The summed E-state index contributed by atoms with van der Waals surface area (Å²) in [5, 5.41) is 6.55. The molecular weight excluding hydrogens is 430 g/mol. The normalized spacial score (nSPS) is 11.3. The van der Waals surface area contributed by atoms with E-state index in [-0.39, 0.29) is 29.8 Å². The average Bonchev–Trinajstić information content (AvgIpc) is 2.57. The van der Waals surface area contributed by atoms with Crippen LogP contribution in [0, 0.1) is 5.82 Å². The molecule has 0 aliphatic carbocycles. The van der Waals surface area contributed by atoms with E-state index in [1.807, 2.05) is 12.1 Å². The van der Waals surface area contributed by atoms with Gasteiger partial charge in [-0.25, -0.2) is 4.39 Å². The summed E-state index contributed by atoms with van der Waals surface area (Å²) in [4.78, 5) is 6.44. The Bertz CT molecular complexity index is 480. The van der Waals surface area contributed by atoms with Crippen LogP contribution >= 0.6 is 24.0 Å². The van der Waals surface area contributed by atoms with Crippen LogP contribution in [0.15, 0.2) is 29.3 Å². The van der Waals surface area contributed by atoms with Crippen LogP contribution < -0.4 is 10.6 Å². The van der Waals surface area contributed by atoms with Crippen LogP contribution in [0.5, 0.6) is 0 Å². The number of guanidine groups is 1. The number of rotatable bonds is 11. The molecule has 0 fully saturated rings. The lowest BCUT2D eigenvalue weighted by molar-refractivity contribution is 0.389. The third-order valence-electron chi connectivity index (χ3n) is 3.94. The second kappa shape index (κ2) is 15.4. The van der Waals surface area contributed by atoms with Gasteiger partial charge in [0.2, 0.25) is 0 Å². The summed E-state index contributed by atoms with van der Waals surface area (Å²) in [6.07, 6.45) is 6.91. The van der Waals surface area contributed by atoms with Gasteiger partial charge in [0.05, 0.1) is 0 Å². The first-order valence-electron chi connectivity index (χ1n) is 8.96. The molecule has 1 rings (SSSR count). The van der Waals surface area contributed by atoms with E-state index >= 15 is 0 Å². The van der Waals surface area contributed by atoms with E-state index < -0.39 is 0 Å². The molecule has 0 aromatic heterocycles. The summed E-state index contributed by atoms with van der Waals surface area (Å²) in [7, 11) is 6.00. The van der Waals surface area contributed by atoms with Gasteiger partial charge in [0.25, 0.3) is 0 Å². The molecule has 0 bridgehead atoms. The topological polar surface area (TPSA) is 39.7 Å². The Kier molecular flexibility index (Phi) is 14.8. The van der Waals surface area contributed by atoms with Crippen molar-refractivity contribution < 1.29 is 4.39 Å². The summed E-state index contributed by atoms with van der Waals surface area (Å²) in [6, 6.07) is 6.90. The van der Waals surface area contributed by atoms with Gasteiger partial charge < -0.3 is 15.5 Å². The lowest BCUT2D eigenvalue weighted by Gasteiger charge is -2.12. The maximum atomic E-state index is 13.5. The molecule has 0 saturated heterocycles. The summed E-state index contributed by atoms with van der Waals surface area (Å²) in [5.41, 5.74) is 0.734. The Hall–Kier alpha value is -0.890. The van der Waals surface area contributed by atoms with Crippen molar-refractivity contribution in [3.63, 3.8) is 0 Å². The molecule has 0 atom stereocenters. The highest BCUT2D eigenvalue weighted by Crippen LogP contribution is 2.06. The first-order chi connectivity index (χ1) is 11.6. The Balaban J connectivity index is 0.00000576. The van der Waals surface area contributed by atoms with E-state index in [1.165, 1.54) is 38.3 Å². The Morgan fingerprint density at radius 2 is 1.64 bits per heavy atom. The van der Waals surface area contributed by atoms with E-state index in [1.54, 1.807) is 13.1 Å². The SMILES string of the molecule is CN=C(NCCCCCCCN(C)C)NCCc1ccccc1F.I. The van der Waals surface area contributed by atoms with Crippen molar-refractivity contribution in [2.45, 2.75) is 38.5 Å². The standard InChI is InChI=1S/C19H33FN4.HI/c1-21-19(22-14-9-5-4-6-10-16-24(2)3)23-15-13-17-11-7-8-12-18(17)20;/h7-8,11-12H,4-6,9-10,13-16H2,1-3H3,(H2,21,22,23);1H. The highest BCUT2D eigenvalue weighted by Gasteiger charge is 2.01. The largest absolute Gasteiger partial charge is 0.356 e. The molecule has 0 heterocycles. The van der Waals surface area contributed by atoms with Crippen molar-refractivity contribution in [3.05, 3.63) is 35.6 Å². The third kappa shape index (κ3) is 12.2. The van der Waals surface area contributed by atoms with Gasteiger partial charge in [-0.2, -0.15) is 0 Å². The zero-order valence-electron chi connectivity index (χ0n) is 15.9. The molecular formula is C19H34FIN4. The summed E-state index contributed by atoms with van der Waals surface area (Å²) < 4.78 is 13.5. The highest BCUT2D eigenvalue weighted by molar-refractivity contribution is 14.0. The van der Waals surface area contributed by atoms with Crippen molar-refractivity contribution in [1.29, 1.82) is 0 Å². The van der Waals surface area contributed by atoms with E-state index in [0.717, 1.165) is 24.5 Å². The first-order valence-corrected chi connectivity index (χ1v) is 8.96. The maximum Gasteiger partial charge on any atom is 0.190 e. The quantitative estimate of drug-likeness (QED) is 0.227. The van der Waals surface area contributed by atoms with Gasteiger partial charge in [0, 0.05) is 20.1 Å². The molecule has 0 radical (unpaired) electrons. The fraction of sp³-hybridized carbons (Fsp3) is 0.632. The zero-order valence-corrected chi connectivity index (χ0v) is 18.2. The van der Waals surface area contributed by atoms with Crippen LogP contribution in [0.25, 0.3) is 0 Å². The smallest absolute Gasteiger partial charge is 0.190 e. The summed E-state index contributed by atoms with van der Waals surface area (Å²) in [6.45, 7) is 2.77. The van der Waals surface area contributed by atoms with E-state index in [0.29, 0.717) is 13.0 Å². The second-order valence-corrected chi connectivity index (χ2v) is 6.34. The van der Waals surface area contributed by atoms with E-state index in [2.05, 4.69) is 34.6 Å². The number of nitrogens with one attached hydrogen (secondary N) is 2. The van der Waals surface area contributed by atoms with Crippen molar-refractivity contribution in [2.24, 2.45) is 4.99 Å². The molecule has 1 aromatic carbocycles. The minimum Gasteiger partial charge on any atom is -0.356 e. The average molecular weight is 464 g/mol. The monoisotopic (exact) mass is 464 g/mol. The number of unbranched alkanes of at least 4 members (excludes halogenated alkanes) is 4. The van der Waals surface area contributed by atoms with Gasteiger partial charge in [0.1, 0.15) is 5.82 Å². The Labute approximate surface area is 169 Å². The van der Waals surface area contributed by atoms with Gasteiger partial charge in [-0.05, 0) is 51.5 Å². The molecule has 0 amide bonds. The number of nitrogens with zero attached hydrogens (tertiary/aromatic N) is 2. The fourth-order valence-corrected chi connectivity index (χ4v) is 2.53. The van der Waals surface area contributed by atoms with Gasteiger partial charge in [-0.3, -0.25) is 4.99 Å². The summed E-state index contributed by atoms with van der Waals surface area (Å²) in [5.74, 6) is 0.649.